The molecule has 0 fully saturated rings. The van der Waals surface area contributed by atoms with Gasteiger partial charge in [0.05, 0.1) is 18.5 Å². The van der Waals surface area contributed by atoms with Crippen LogP contribution >= 0.6 is 12.2 Å². The summed E-state index contributed by atoms with van der Waals surface area (Å²) in [4.78, 5) is 13.7. The van der Waals surface area contributed by atoms with Gasteiger partial charge in [0.1, 0.15) is 0 Å². The minimum atomic E-state index is -0.216. The number of methoxy groups -OCH3 is 1. The summed E-state index contributed by atoms with van der Waals surface area (Å²) in [5.74, 6) is -0.216. The molecule has 0 aromatic heterocycles. The molecule has 0 aliphatic carbocycles. The monoisotopic (exact) mass is 266 g/mol. The number of ether oxygens (including phenoxy) is 1. The quantitative estimate of drug-likeness (QED) is 0.601. The summed E-state index contributed by atoms with van der Waals surface area (Å²) < 4.78 is 4.65. The maximum Gasteiger partial charge on any atom is 0.307 e. The van der Waals surface area contributed by atoms with Gasteiger partial charge in [-0.05, 0) is 12.1 Å². The number of nitrogens with zero attached hydrogens (tertiary/aromatic N) is 1. The Morgan fingerprint density at radius 3 is 2.44 bits per heavy atom. The first-order valence-corrected chi connectivity index (χ1v) is 6.19. The van der Waals surface area contributed by atoms with E-state index in [0.717, 1.165) is 5.69 Å². The zero-order valence-electron chi connectivity index (χ0n) is 10.5. The molecular weight excluding hydrogens is 248 g/mol. The van der Waals surface area contributed by atoms with Crippen molar-refractivity contribution in [2.45, 2.75) is 12.8 Å². The summed E-state index contributed by atoms with van der Waals surface area (Å²) >= 11 is 4.88. The molecule has 1 aromatic rings. The Balaban J connectivity index is 2.63. The van der Waals surface area contributed by atoms with E-state index >= 15 is 0 Å². The lowest BCUT2D eigenvalue weighted by molar-refractivity contribution is -0.140. The molecule has 1 aromatic carbocycles. The van der Waals surface area contributed by atoms with Crippen LogP contribution in [0.1, 0.15) is 12.8 Å². The van der Waals surface area contributed by atoms with Crippen LogP contribution < -0.4 is 10.6 Å². The first-order valence-electron chi connectivity index (χ1n) is 5.78. The Labute approximate surface area is 113 Å². The van der Waals surface area contributed by atoms with E-state index in [9.17, 15) is 4.79 Å². The average molecular weight is 266 g/mol. The number of hydrogen-bond donors (Lipinski definition) is 1. The molecule has 0 amide bonds. The molecule has 0 unspecified atom stereocenters. The van der Waals surface area contributed by atoms with Gasteiger partial charge in [0, 0.05) is 25.2 Å². The summed E-state index contributed by atoms with van der Waals surface area (Å²) in [6.45, 7) is 1.30. The Hall–Kier alpha value is -1.62. The zero-order chi connectivity index (χ0) is 13.4. The van der Waals surface area contributed by atoms with Crippen molar-refractivity contribution in [3.63, 3.8) is 0 Å². The van der Waals surface area contributed by atoms with E-state index in [1.807, 2.05) is 30.3 Å². The third kappa shape index (κ3) is 5.14. The number of rotatable bonds is 7. The summed E-state index contributed by atoms with van der Waals surface area (Å²) in [5, 5.41) is 0. The van der Waals surface area contributed by atoms with Crippen LogP contribution in [0.3, 0.4) is 0 Å². The van der Waals surface area contributed by atoms with Gasteiger partial charge in [-0.3, -0.25) is 4.79 Å². The van der Waals surface area contributed by atoms with Gasteiger partial charge in [-0.2, -0.15) is 0 Å². The van der Waals surface area contributed by atoms with Crippen molar-refractivity contribution in [3.05, 3.63) is 30.3 Å². The van der Waals surface area contributed by atoms with Crippen LogP contribution in [0.15, 0.2) is 30.3 Å². The molecule has 0 heterocycles. The maximum absolute atomic E-state index is 11.2. The van der Waals surface area contributed by atoms with Crippen molar-refractivity contribution in [1.29, 1.82) is 0 Å². The SMILES string of the molecule is COC(=O)CCN(CCC(N)=S)c1ccccc1. The van der Waals surface area contributed by atoms with E-state index in [2.05, 4.69) is 9.64 Å². The Bertz CT molecular complexity index is 395. The topological polar surface area (TPSA) is 55.6 Å². The van der Waals surface area contributed by atoms with Crippen LogP contribution in [0, 0.1) is 0 Å². The fraction of sp³-hybridized carbons (Fsp3) is 0.385. The van der Waals surface area contributed by atoms with Crippen molar-refractivity contribution in [2.24, 2.45) is 5.73 Å². The molecule has 0 spiro atoms. The summed E-state index contributed by atoms with van der Waals surface area (Å²) in [6.07, 6.45) is 0.980. The predicted molar refractivity (Wildman–Crippen MR) is 76.7 cm³/mol. The summed E-state index contributed by atoms with van der Waals surface area (Å²) in [6, 6.07) is 9.87. The van der Waals surface area contributed by atoms with Gasteiger partial charge in [-0.15, -0.1) is 0 Å². The van der Waals surface area contributed by atoms with Crippen LogP contribution in [0.5, 0.6) is 0 Å². The molecular formula is C13H18N2O2S. The average Bonchev–Trinajstić information content (AvgIpc) is 2.39. The molecule has 0 bridgehead atoms. The lowest BCUT2D eigenvalue weighted by Crippen LogP contribution is -2.29. The molecule has 0 saturated heterocycles. The molecule has 18 heavy (non-hydrogen) atoms. The first-order chi connectivity index (χ1) is 8.63. The van der Waals surface area contributed by atoms with E-state index in [4.69, 9.17) is 18.0 Å². The van der Waals surface area contributed by atoms with E-state index < -0.39 is 0 Å². The Morgan fingerprint density at radius 1 is 1.28 bits per heavy atom. The number of carbonyl (C=O) groups excluding carboxylic acids is 1. The van der Waals surface area contributed by atoms with E-state index in [1.165, 1.54) is 7.11 Å². The van der Waals surface area contributed by atoms with Gasteiger partial charge in [-0.1, -0.05) is 30.4 Å². The van der Waals surface area contributed by atoms with E-state index in [1.54, 1.807) is 0 Å². The number of carbonyl (C=O) groups is 1. The second kappa shape index (κ2) is 7.66. The van der Waals surface area contributed by atoms with Crippen molar-refractivity contribution >= 4 is 28.9 Å². The molecule has 0 saturated carbocycles. The molecule has 0 aliphatic rings. The van der Waals surface area contributed by atoms with Crippen molar-refractivity contribution in [1.82, 2.24) is 0 Å². The molecule has 1 rings (SSSR count). The highest BCUT2D eigenvalue weighted by molar-refractivity contribution is 7.80. The highest BCUT2D eigenvalue weighted by Gasteiger charge is 2.09. The Morgan fingerprint density at radius 2 is 1.89 bits per heavy atom. The lowest BCUT2D eigenvalue weighted by atomic mass is 10.2. The molecule has 98 valence electrons. The van der Waals surface area contributed by atoms with Gasteiger partial charge in [0.25, 0.3) is 0 Å². The normalized spacial score (nSPS) is 9.83. The van der Waals surface area contributed by atoms with Crippen LogP contribution in [-0.2, 0) is 9.53 Å². The highest BCUT2D eigenvalue weighted by atomic mass is 32.1. The molecule has 0 aliphatic heterocycles. The highest BCUT2D eigenvalue weighted by Crippen LogP contribution is 2.14. The second-order valence-corrected chi connectivity index (χ2v) is 4.39. The second-order valence-electron chi connectivity index (χ2n) is 3.87. The number of esters is 1. The lowest BCUT2D eigenvalue weighted by Gasteiger charge is -2.24. The van der Waals surface area contributed by atoms with Gasteiger partial charge >= 0.3 is 5.97 Å². The van der Waals surface area contributed by atoms with Crippen LogP contribution in [0.4, 0.5) is 5.69 Å². The Kier molecular flexibility index (Phi) is 6.14. The number of hydrogen-bond acceptors (Lipinski definition) is 4. The standard InChI is InChI=1S/C13H18N2O2S/c1-17-13(16)8-10-15(9-7-12(14)18)11-5-3-2-4-6-11/h2-6H,7-10H2,1H3,(H2,14,18). The number of anilines is 1. The molecule has 0 atom stereocenters. The number of nitrogens with two attached hydrogens (primary N) is 1. The van der Waals surface area contributed by atoms with Crippen molar-refractivity contribution < 1.29 is 9.53 Å². The molecule has 0 radical (unpaired) electrons. The minimum Gasteiger partial charge on any atom is -0.469 e. The van der Waals surface area contributed by atoms with E-state index in [0.29, 0.717) is 30.9 Å². The maximum atomic E-state index is 11.2. The third-order valence-corrected chi connectivity index (χ3v) is 2.77. The summed E-state index contributed by atoms with van der Waals surface area (Å²) in [7, 11) is 1.39. The van der Waals surface area contributed by atoms with Gasteiger partial charge < -0.3 is 15.4 Å². The molecule has 5 heteroatoms. The fourth-order valence-electron chi connectivity index (χ4n) is 1.58. The molecule has 4 nitrogen and oxygen atoms in total. The van der Waals surface area contributed by atoms with Gasteiger partial charge in [0.15, 0.2) is 0 Å². The summed E-state index contributed by atoms with van der Waals surface area (Å²) in [5.41, 5.74) is 6.57. The minimum absolute atomic E-state index is 0.216. The van der Waals surface area contributed by atoms with Crippen LogP contribution in [0.25, 0.3) is 0 Å². The third-order valence-electron chi connectivity index (χ3n) is 2.56. The molecule has 2 N–H and O–H groups in total. The number of thiocarbonyl (C=S) groups is 1. The number of para-hydroxylation sites is 1. The first kappa shape index (κ1) is 14.4. The van der Waals surface area contributed by atoms with E-state index in [-0.39, 0.29) is 5.97 Å². The van der Waals surface area contributed by atoms with Gasteiger partial charge in [-0.25, -0.2) is 0 Å². The van der Waals surface area contributed by atoms with Gasteiger partial charge in [0.2, 0.25) is 0 Å². The van der Waals surface area contributed by atoms with Crippen molar-refractivity contribution in [2.75, 3.05) is 25.1 Å². The van der Waals surface area contributed by atoms with Crippen molar-refractivity contribution in [3.8, 4) is 0 Å². The smallest absolute Gasteiger partial charge is 0.307 e. The largest absolute Gasteiger partial charge is 0.469 e. The fourth-order valence-corrected chi connectivity index (χ4v) is 1.67. The number of benzene rings is 1. The predicted octanol–water partition coefficient (Wildman–Crippen LogP) is 1.73. The zero-order valence-corrected chi connectivity index (χ0v) is 11.3. The van der Waals surface area contributed by atoms with Crippen LogP contribution in [-0.4, -0.2) is 31.2 Å². The van der Waals surface area contributed by atoms with Crippen LogP contribution in [0.2, 0.25) is 0 Å².